The minimum Gasteiger partial charge on any atom is -0.348 e. The van der Waals surface area contributed by atoms with Crippen LogP contribution in [0, 0.1) is 0 Å². The number of aromatic nitrogens is 1. The number of H-pyrrole nitrogens is 1. The van der Waals surface area contributed by atoms with E-state index in [0.29, 0.717) is 21.5 Å². The van der Waals surface area contributed by atoms with Crippen LogP contribution in [-0.4, -0.2) is 4.98 Å². The summed E-state index contributed by atoms with van der Waals surface area (Å²) in [6.45, 7) is 0. The molecule has 4 aromatic rings. The van der Waals surface area contributed by atoms with Crippen molar-refractivity contribution >= 4 is 57.2 Å². The van der Waals surface area contributed by atoms with Gasteiger partial charge in [0.25, 0.3) is 0 Å². The van der Waals surface area contributed by atoms with Crippen LogP contribution in [0.25, 0.3) is 10.9 Å². The van der Waals surface area contributed by atoms with E-state index in [0.717, 1.165) is 33.6 Å². The fraction of sp³-hybridized carbons (Fsp3) is 0.0909. The van der Waals surface area contributed by atoms with E-state index in [1.807, 2.05) is 30.3 Å². The first kappa shape index (κ1) is 21.7. The maximum absolute atomic E-state index is 13.0. The first-order valence-electron chi connectivity index (χ1n) is 9.08. The third-order valence-electron chi connectivity index (χ3n) is 4.47. The zero-order valence-electron chi connectivity index (χ0n) is 15.8. The highest BCUT2D eigenvalue weighted by Crippen LogP contribution is 2.40. The van der Waals surface area contributed by atoms with E-state index in [4.69, 9.17) is 23.2 Å². The zero-order chi connectivity index (χ0) is 22.0. The molecule has 0 fully saturated rings. The van der Waals surface area contributed by atoms with Gasteiger partial charge in [0.05, 0.1) is 11.3 Å². The second-order valence-corrected chi connectivity index (χ2v) is 8.45. The van der Waals surface area contributed by atoms with Gasteiger partial charge < -0.3 is 4.98 Å². The van der Waals surface area contributed by atoms with Gasteiger partial charge in [-0.3, -0.25) is 0 Å². The second-order valence-electron chi connectivity index (χ2n) is 6.62. The molecular formula is C22H14Cl2F3N3S. The predicted molar refractivity (Wildman–Crippen MR) is 120 cm³/mol. The first-order chi connectivity index (χ1) is 14.8. The molecule has 9 heteroatoms. The summed E-state index contributed by atoms with van der Waals surface area (Å²) >= 11 is 13.7. The lowest BCUT2D eigenvalue weighted by atomic mass is 10.2. The normalized spacial score (nSPS) is 12.2. The quantitative estimate of drug-likeness (QED) is 0.225. The Morgan fingerprint density at radius 2 is 1.71 bits per heavy atom. The average Bonchev–Trinajstić information content (AvgIpc) is 3.09. The Morgan fingerprint density at radius 1 is 0.903 bits per heavy atom. The molecule has 3 aromatic carbocycles. The molecule has 0 radical (unpaired) electrons. The number of hydrogen-bond donors (Lipinski definition) is 1. The van der Waals surface area contributed by atoms with Crippen LogP contribution in [0.3, 0.4) is 0 Å². The van der Waals surface area contributed by atoms with Gasteiger partial charge in [0.2, 0.25) is 0 Å². The molecule has 158 valence electrons. The minimum absolute atomic E-state index is 0.122. The van der Waals surface area contributed by atoms with Gasteiger partial charge in [0.1, 0.15) is 10.7 Å². The van der Waals surface area contributed by atoms with Gasteiger partial charge in [0.15, 0.2) is 0 Å². The molecule has 31 heavy (non-hydrogen) atoms. The van der Waals surface area contributed by atoms with E-state index in [9.17, 15) is 13.2 Å². The van der Waals surface area contributed by atoms with E-state index >= 15 is 0 Å². The number of azo groups is 1. The molecule has 0 aliphatic heterocycles. The third kappa shape index (κ3) is 5.06. The van der Waals surface area contributed by atoms with Crippen molar-refractivity contribution in [2.24, 2.45) is 10.2 Å². The van der Waals surface area contributed by atoms with Crippen LogP contribution >= 0.6 is 35.0 Å². The number of para-hydroxylation sites is 1. The van der Waals surface area contributed by atoms with Crippen molar-refractivity contribution < 1.29 is 13.2 Å². The van der Waals surface area contributed by atoms with Crippen molar-refractivity contribution in [2.75, 3.05) is 0 Å². The highest BCUT2D eigenvalue weighted by Gasteiger charge is 2.30. The summed E-state index contributed by atoms with van der Waals surface area (Å²) in [4.78, 5) is 3.30. The largest absolute Gasteiger partial charge is 0.416 e. The number of nitrogens with zero attached hydrogens (tertiary/aromatic N) is 2. The Morgan fingerprint density at radius 3 is 2.48 bits per heavy atom. The molecule has 0 unspecified atom stereocenters. The highest BCUT2D eigenvalue weighted by molar-refractivity contribution is 7.98. The van der Waals surface area contributed by atoms with Gasteiger partial charge >= 0.3 is 6.18 Å². The van der Waals surface area contributed by atoms with Crippen molar-refractivity contribution in [3.8, 4) is 0 Å². The maximum Gasteiger partial charge on any atom is 0.416 e. The molecule has 4 rings (SSSR count). The van der Waals surface area contributed by atoms with E-state index in [2.05, 4.69) is 15.2 Å². The molecule has 0 spiro atoms. The van der Waals surface area contributed by atoms with E-state index < -0.39 is 11.7 Å². The van der Waals surface area contributed by atoms with E-state index in [1.54, 1.807) is 12.1 Å². The summed E-state index contributed by atoms with van der Waals surface area (Å²) in [5.41, 5.74) is 1.66. The van der Waals surface area contributed by atoms with Crippen LogP contribution in [0.4, 0.5) is 24.5 Å². The van der Waals surface area contributed by atoms with Gasteiger partial charge in [0, 0.05) is 26.7 Å². The predicted octanol–water partition coefficient (Wildman–Crippen LogP) is 9.20. The third-order valence-corrected chi connectivity index (χ3v) is 6.10. The topological polar surface area (TPSA) is 40.5 Å². The molecule has 0 saturated heterocycles. The minimum atomic E-state index is -4.44. The van der Waals surface area contributed by atoms with Gasteiger partial charge in [-0.2, -0.15) is 18.3 Å². The SMILES string of the molecule is FC(F)(F)c1cccc(N=Nc2c(SCc3ccc(Cl)cc3Cl)[nH]c3ccccc23)c1. The van der Waals surface area contributed by atoms with Crippen LogP contribution in [0.2, 0.25) is 10.0 Å². The number of halogens is 5. The van der Waals surface area contributed by atoms with Crippen LogP contribution < -0.4 is 0 Å². The molecular weight excluding hydrogens is 466 g/mol. The molecule has 1 aromatic heterocycles. The number of fused-ring (bicyclic) bond motifs is 1. The van der Waals surface area contributed by atoms with Crippen molar-refractivity contribution in [1.82, 2.24) is 4.98 Å². The lowest BCUT2D eigenvalue weighted by Gasteiger charge is -2.06. The number of nitrogens with one attached hydrogen (secondary N) is 1. The number of benzene rings is 3. The van der Waals surface area contributed by atoms with Crippen LogP contribution in [0.15, 0.2) is 82.0 Å². The lowest BCUT2D eigenvalue weighted by Crippen LogP contribution is -2.03. The second kappa shape index (κ2) is 8.94. The number of rotatable bonds is 5. The van der Waals surface area contributed by atoms with Gasteiger partial charge in [-0.25, -0.2) is 0 Å². The first-order valence-corrected chi connectivity index (χ1v) is 10.8. The van der Waals surface area contributed by atoms with E-state index in [-0.39, 0.29) is 5.69 Å². The summed E-state index contributed by atoms with van der Waals surface area (Å²) in [5, 5.41) is 11.0. The Bertz CT molecular complexity index is 1270. The molecule has 0 aliphatic rings. The Labute approximate surface area is 190 Å². The van der Waals surface area contributed by atoms with Crippen molar-refractivity contribution in [2.45, 2.75) is 17.0 Å². The Balaban J connectivity index is 1.66. The number of alkyl halides is 3. The van der Waals surface area contributed by atoms with E-state index in [1.165, 1.54) is 23.9 Å². The van der Waals surface area contributed by atoms with Crippen molar-refractivity contribution in [3.05, 3.63) is 87.9 Å². The van der Waals surface area contributed by atoms with Crippen LogP contribution in [0.5, 0.6) is 0 Å². The molecule has 0 saturated carbocycles. The summed E-state index contributed by atoms with van der Waals surface area (Å²) in [7, 11) is 0. The van der Waals surface area contributed by atoms with Gasteiger partial charge in [-0.05, 0) is 42.0 Å². The maximum atomic E-state index is 13.0. The Hall–Kier alpha value is -2.48. The fourth-order valence-corrected chi connectivity index (χ4v) is 4.52. The number of thioether (sulfide) groups is 1. The molecule has 0 bridgehead atoms. The molecule has 0 atom stereocenters. The van der Waals surface area contributed by atoms with Crippen LogP contribution in [0.1, 0.15) is 11.1 Å². The van der Waals surface area contributed by atoms with Crippen molar-refractivity contribution in [1.29, 1.82) is 0 Å². The fourth-order valence-electron chi connectivity index (χ4n) is 2.95. The lowest BCUT2D eigenvalue weighted by molar-refractivity contribution is -0.137. The van der Waals surface area contributed by atoms with Gasteiger partial charge in [-0.15, -0.1) is 16.9 Å². The molecule has 1 heterocycles. The Kier molecular flexibility index (Phi) is 6.27. The average molecular weight is 480 g/mol. The number of aromatic amines is 1. The van der Waals surface area contributed by atoms with Crippen LogP contribution in [-0.2, 0) is 11.9 Å². The van der Waals surface area contributed by atoms with Crippen molar-refractivity contribution in [3.63, 3.8) is 0 Å². The summed E-state index contributed by atoms with van der Waals surface area (Å²) in [6.07, 6.45) is -4.44. The molecule has 3 nitrogen and oxygen atoms in total. The molecule has 0 aliphatic carbocycles. The number of hydrogen-bond acceptors (Lipinski definition) is 3. The molecule has 0 amide bonds. The summed E-state index contributed by atoms with van der Waals surface area (Å²) < 4.78 is 38.9. The molecule has 1 N–H and O–H groups in total. The summed E-state index contributed by atoms with van der Waals surface area (Å²) in [6, 6.07) is 17.6. The summed E-state index contributed by atoms with van der Waals surface area (Å²) in [5.74, 6) is 0.550. The highest BCUT2D eigenvalue weighted by atomic mass is 35.5. The monoisotopic (exact) mass is 479 g/mol. The smallest absolute Gasteiger partial charge is 0.348 e. The zero-order valence-corrected chi connectivity index (χ0v) is 18.1. The standard InChI is InChI=1S/C22H14Cl2F3N3S/c23-15-9-8-13(18(24)11-15)12-31-21-20(17-6-1-2-7-19(17)28-21)30-29-16-5-3-4-14(10-16)22(25,26)27/h1-11,28H,12H2. The van der Waals surface area contributed by atoms with Gasteiger partial charge in [-0.1, -0.05) is 53.5 Å².